The maximum atomic E-state index is 12.5. The summed E-state index contributed by atoms with van der Waals surface area (Å²) in [4.78, 5) is 0. The first kappa shape index (κ1) is 16.7. The first-order valence-corrected chi connectivity index (χ1v) is 6.08. The van der Waals surface area contributed by atoms with Crippen LogP contribution in [-0.4, -0.2) is 12.2 Å². The third-order valence-electron chi connectivity index (χ3n) is 2.70. The van der Waals surface area contributed by atoms with Gasteiger partial charge in [0.2, 0.25) is 0 Å². The minimum absolute atomic E-state index is 0.0589. The molecule has 1 aromatic rings. The van der Waals surface area contributed by atoms with E-state index >= 15 is 0 Å². The van der Waals surface area contributed by atoms with Gasteiger partial charge in [0.25, 0.3) is 0 Å². The fourth-order valence-electron chi connectivity index (χ4n) is 1.75. The van der Waals surface area contributed by atoms with Gasteiger partial charge in [-0.2, -0.15) is 26.3 Å². The molecule has 0 radical (unpaired) electrons. The van der Waals surface area contributed by atoms with Crippen molar-refractivity contribution < 1.29 is 26.3 Å². The van der Waals surface area contributed by atoms with E-state index in [0.717, 1.165) is 12.1 Å². The molecule has 0 saturated heterocycles. The molecule has 0 aliphatic carbocycles. The highest BCUT2D eigenvalue weighted by molar-refractivity contribution is 5.47. The number of rotatable bonds is 5. The first-order chi connectivity index (χ1) is 9.08. The highest BCUT2D eigenvalue weighted by Crippen LogP contribution is 2.31. The second kappa shape index (κ2) is 6.37. The van der Waals surface area contributed by atoms with E-state index in [9.17, 15) is 26.3 Å². The maximum absolute atomic E-state index is 12.5. The normalized spacial score (nSPS) is 14.2. The fourth-order valence-corrected chi connectivity index (χ4v) is 1.75. The summed E-state index contributed by atoms with van der Waals surface area (Å²) < 4.78 is 73.4. The summed E-state index contributed by atoms with van der Waals surface area (Å²) in [7, 11) is 0. The van der Waals surface area contributed by atoms with Crippen LogP contribution >= 0.6 is 0 Å². The average Bonchev–Trinajstić information content (AvgIpc) is 2.26. The van der Waals surface area contributed by atoms with Crippen molar-refractivity contribution in [2.24, 2.45) is 0 Å². The maximum Gasteiger partial charge on any atom is 0.416 e. The molecule has 0 amide bonds. The summed E-state index contributed by atoms with van der Waals surface area (Å²) in [5.41, 5.74) is -0.538. The Hall–Kier alpha value is -1.40. The lowest BCUT2D eigenvalue weighted by Crippen LogP contribution is -2.17. The Labute approximate surface area is 113 Å². The van der Waals surface area contributed by atoms with Gasteiger partial charge in [-0.1, -0.05) is 6.07 Å². The predicted octanol–water partition coefficient (Wildman–Crippen LogP) is 5.24. The fraction of sp³-hybridized carbons (Fsp3) is 0.538. The molecule has 0 aliphatic heterocycles. The largest absolute Gasteiger partial charge is 0.416 e. The minimum Gasteiger partial charge on any atom is -0.383 e. The Kier molecular flexibility index (Phi) is 5.30. The van der Waals surface area contributed by atoms with Gasteiger partial charge in [-0.3, -0.25) is 0 Å². The molecule has 1 N–H and O–H groups in total. The molecule has 1 atom stereocenters. The molecule has 0 saturated carbocycles. The van der Waals surface area contributed by atoms with Crippen molar-refractivity contribution in [1.82, 2.24) is 0 Å². The van der Waals surface area contributed by atoms with E-state index in [4.69, 9.17) is 0 Å². The van der Waals surface area contributed by atoms with Gasteiger partial charge in [-0.05, 0) is 38.0 Å². The third kappa shape index (κ3) is 6.16. The summed E-state index contributed by atoms with van der Waals surface area (Å²) in [6.45, 7) is 1.64. The van der Waals surface area contributed by atoms with Crippen LogP contribution in [0.3, 0.4) is 0 Å². The second-order valence-corrected chi connectivity index (χ2v) is 4.63. The molecule has 0 aliphatic rings. The Morgan fingerprint density at radius 2 is 1.75 bits per heavy atom. The zero-order valence-electron chi connectivity index (χ0n) is 10.8. The van der Waals surface area contributed by atoms with Crippen molar-refractivity contribution in [3.63, 3.8) is 0 Å². The summed E-state index contributed by atoms with van der Waals surface area (Å²) >= 11 is 0. The molecule has 0 aromatic heterocycles. The van der Waals surface area contributed by atoms with Crippen LogP contribution in [0, 0.1) is 0 Å². The molecule has 0 spiro atoms. The number of benzene rings is 1. The van der Waals surface area contributed by atoms with Gasteiger partial charge in [0.05, 0.1) is 5.56 Å². The number of alkyl halides is 6. The topological polar surface area (TPSA) is 12.0 Å². The van der Waals surface area contributed by atoms with E-state index in [1.54, 1.807) is 6.92 Å². The van der Waals surface area contributed by atoms with Crippen LogP contribution in [0.4, 0.5) is 32.0 Å². The molecule has 7 heteroatoms. The van der Waals surface area contributed by atoms with Gasteiger partial charge >= 0.3 is 12.4 Å². The van der Waals surface area contributed by atoms with Crippen molar-refractivity contribution in [2.45, 2.75) is 44.6 Å². The van der Waals surface area contributed by atoms with Gasteiger partial charge < -0.3 is 5.32 Å². The molecular formula is C13H15F6N. The van der Waals surface area contributed by atoms with Crippen LogP contribution in [-0.2, 0) is 6.18 Å². The lowest BCUT2D eigenvalue weighted by atomic mass is 10.1. The summed E-state index contributed by atoms with van der Waals surface area (Å²) in [5.74, 6) is 0. The van der Waals surface area contributed by atoms with E-state index in [1.807, 2.05) is 0 Å². The van der Waals surface area contributed by atoms with Crippen molar-refractivity contribution in [1.29, 1.82) is 0 Å². The number of anilines is 1. The number of nitrogens with one attached hydrogen (secondary N) is 1. The van der Waals surface area contributed by atoms with E-state index in [2.05, 4.69) is 5.32 Å². The van der Waals surface area contributed by atoms with Crippen LogP contribution < -0.4 is 5.32 Å². The van der Waals surface area contributed by atoms with E-state index in [-0.39, 0.29) is 24.6 Å². The summed E-state index contributed by atoms with van der Waals surface area (Å²) in [6, 6.07) is 4.27. The molecule has 114 valence electrons. The molecule has 1 nitrogen and oxygen atoms in total. The van der Waals surface area contributed by atoms with Crippen LogP contribution in [0.15, 0.2) is 24.3 Å². The highest BCUT2D eigenvalue weighted by Gasteiger charge is 2.30. The van der Waals surface area contributed by atoms with Gasteiger partial charge in [0.15, 0.2) is 0 Å². The van der Waals surface area contributed by atoms with Crippen LogP contribution in [0.25, 0.3) is 0 Å². The van der Waals surface area contributed by atoms with E-state index in [0.29, 0.717) is 0 Å². The highest BCUT2D eigenvalue weighted by atomic mass is 19.4. The zero-order valence-corrected chi connectivity index (χ0v) is 10.8. The minimum atomic E-state index is -4.43. The quantitative estimate of drug-likeness (QED) is 0.733. The Morgan fingerprint density at radius 1 is 1.10 bits per heavy atom. The first-order valence-electron chi connectivity index (χ1n) is 6.08. The van der Waals surface area contributed by atoms with Crippen molar-refractivity contribution in [3.05, 3.63) is 29.8 Å². The van der Waals surface area contributed by atoms with Gasteiger partial charge in [-0.15, -0.1) is 0 Å². The lowest BCUT2D eigenvalue weighted by Gasteiger charge is -2.17. The molecule has 20 heavy (non-hydrogen) atoms. The lowest BCUT2D eigenvalue weighted by molar-refractivity contribution is -0.138. The molecule has 1 rings (SSSR count). The van der Waals surface area contributed by atoms with Crippen LogP contribution in [0.1, 0.15) is 31.7 Å². The molecular weight excluding hydrogens is 284 g/mol. The molecule has 1 unspecified atom stereocenters. The van der Waals surface area contributed by atoms with E-state index in [1.165, 1.54) is 12.1 Å². The molecule has 0 fully saturated rings. The van der Waals surface area contributed by atoms with Crippen molar-refractivity contribution >= 4 is 5.69 Å². The summed E-state index contributed by atoms with van der Waals surface area (Å²) in [6.07, 6.45) is -9.35. The van der Waals surface area contributed by atoms with Gasteiger partial charge in [0.1, 0.15) is 0 Å². The number of hydrogen-bond donors (Lipinski definition) is 1. The average molecular weight is 299 g/mol. The van der Waals surface area contributed by atoms with E-state index < -0.39 is 24.3 Å². The number of halogens is 6. The second-order valence-electron chi connectivity index (χ2n) is 4.63. The monoisotopic (exact) mass is 299 g/mol. The third-order valence-corrected chi connectivity index (χ3v) is 2.70. The van der Waals surface area contributed by atoms with Crippen molar-refractivity contribution in [3.8, 4) is 0 Å². The smallest absolute Gasteiger partial charge is 0.383 e. The Bertz CT molecular complexity index is 424. The number of hydrogen-bond acceptors (Lipinski definition) is 1. The van der Waals surface area contributed by atoms with Gasteiger partial charge in [-0.25, -0.2) is 0 Å². The summed E-state index contributed by atoms with van der Waals surface area (Å²) in [5, 5.41) is 2.77. The molecule has 0 heterocycles. The van der Waals surface area contributed by atoms with Crippen LogP contribution in [0.2, 0.25) is 0 Å². The SMILES string of the molecule is CC(CCCC(F)(F)F)Nc1cccc(C(F)(F)F)c1. The Morgan fingerprint density at radius 3 is 2.30 bits per heavy atom. The molecule has 0 bridgehead atoms. The molecule has 1 aromatic carbocycles. The van der Waals surface area contributed by atoms with Gasteiger partial charge in [0, 0.05) is 18.2 Å². The predicted molar refractivity (Wildman–Crippen MR) is 64.4 cm³/mol. The Balaban J connectivity index is 2.52. The zero-order chi connectivity index (χ0) is 15.4. The van der Waals surface area contributed by atoms with Crippen LogP contribution in [0.5, 0.6) is 0 Å². The standard InChI is InChI=1S/C13H15F6N/c1-9(4-3-7-12(14,15)16)20-11-6-2-5-10(8-11)13(17,18)19/h2,5-6,8-9,20H,3-4,7H2,1H3. The van der Waals surface area contributed by atoms with Crippen molar-refractivity contribution in [2.75, 3.05) is 5.32 Å².